The third kappa shape index (κ3) is 13.4. The van der Waals surface area contributed by atoms with E-state index in [4.69, 9.17) is 8.83 Å². The summed E-state index contributed by atoms with van der Waals surface area (Å²) in [5.41, 5.74) is 26.6. The fraction of sp³-hybridized carbons (Fsp3) is 0.0960. The van der Waals surface area contributed by atoms with Crippen LogP contribution < -0.4 is 51.3 Å². The molecule has 0 fully saturated rings. The molecule has 20 aromatic rings. The quantitative estimate of drug-likeness (QED) is 0.0596. The normalized spacial score (nSPS) is 15.0. The summed E-state index contributed by atoms with van der Waals surface area (Å²) in [5.74, 6) is 0. The van der Waals surface area contributed by atoms with Gasteiger partial charge in [-0.1, -0.05) is 50.3 Å². The van der Waals surface area contributed by atoms with Gasteiger partial charge in [0, 0.05) is 5.41 Å². The Bertz CT molecular complexity index is 7870. The van der Waals surface area contributed by atoms with Crippen LogP contribution in [0.25, 0.3) is 88.0 Å². The van der Waals surface area contributed by atoms with Crippen molar-refractivity contribution in [3.8, 4) is 39.4 Å². The van der Waals surface area contributed by atoms with Gasteiger partial charge in [-0.2, -0.15) is 0 Å². The molecule has 2 heterocycles. The van der Waals surface area contributed by atoms with Crippen LogP contribution >= 0.6 is 0 Å². The third-order valence-corrected chi connectivity index (χ3v) is 40.3. The Morgan fingerprint density at radius 1 is 0.333 bits per heavy atom. The number of anilines is 6. The van der Waals surface area contributed by atoms with Crippen LogP contribution in [0.1, 0.15) is 81.5 Å². The fourth-order valence-electron chi connectivity index (χ4n) is 22.6. The summed E-state index contributed by atoms with van der Waals surface area (Å²) >= 11 is 0. The Kier molecular flexibility index (Phi) is 20.5. The van der Waals surface area contributed by atoms with Crippen molar-refractivity contribution in [2.45, 2.75) is 74.1 Å². The Balaban J connectivity index is 0.829. The molecular formula is C125H101N3O2Si2-2. The molecule has 0 bridgehead atoms. The van der Waals surface area contributed by atoms with E-state index >= 15 is 0 Å². The number of nitrogens with zero attached hydrogens (tertiary/aromatic N) is 3. The maximum atomic E-state index is 12.4. The van der Waals surface area contributed by atoms with Crippen molar-refractivity contribution >= 4 is 146 Å². The number of allylic oxidation sites excluding steroid dienone is 6. The number of benzene rings is 18. The number of nitriles is 1. The number of furan rings is 2. The van der Waals surface area contributed by atoms with E-state index in [0.717, 1.165) is 151 Å². The molecule has 132 heavy (non-hydrogen) atoms. The second kappa shape index (κ2) is 32.9. The van der Waals surface area contributed by atoms with Gasteiger partial charge in [0.15, 0.2) is 0 Å². The van der Waals surface area contributed by atoms with Gasteiger partial charge in [0.1, 0.15) is 0 Å². The molecule has 2 aliphatic carbocycles. The minimum absolute atomic E-state index is 0.398. The van der Waals surface area contributed by atoms with Crippen molar-refractivity contribution in [1.29, 1.82) is 5.26 Å². The monoisotopic (exact) mass is 1730 g/mol. The second-order valence-corrected chi connectivity index (χ2v) is 46.1. The van der Waals surface area contributed by atoms with E-state index in [1.54, 1.807) is 0 Å². The fourth-order valence-corrected chi connectivity index (χ4v) is 33.4. The van der Waals surface area contributed by atoms with Crippen molar-refractivity contribution in [2.24, 2.45) is 5.41 Å². The maximum absolute atomic E-state index is 12.4. The summed E-state index contributed by atoms with van der Waals surface area (Å²) in [6.07, 6.45) is 12.7. The summed E-state index contributed by atoms with van der Waals surface area (Å²) in [5, 5.41) is 29.1. The van der Waals surface area contributed by atoms with Gasteiger partial charge < -0.3 is 0 Å². The molecule has 0 spiro atoms. The van der Waals surface area contributed by atoms with E-state index in [2.05, 4.69) is 497 Å². The van der Waals surface area contributed by atoms with E-state index in [9.17, 15) is 5.26 Å². The van der Waals surface area contributed by atoms with Crippen LogP contribution in [-0.4, -0.2) is 16.1 Å². The predicted octanol–water partition coefficient (Wildman–Crippen LogP) is 26.9. The van der Waals surface area contributed by atoms with Crippen LogP contribution in [0.15, 0.2) is 439 Å². The molecule has 7 heteroatoms. The van der Waals surface area contributed by atoms with Crippen LogP contribution in [0.3, 0.4) is 0 Å². The molecule has 0 amide bonds. The van der Waals surface area contributed by atoms with Gasteiger partial charge in [0.2, 0.25) is 0 Å². The average molecular weight is 1730 g/mol. The molecule has 2 aromatic heterocycles. The zero-order chi connectivity index (χ0) is 89.7. The third-order valence-electron chi connectivity index (χ3n) is 29.3. The first-order valence-electron chi connectivity index (χ1n) is 46.4. The Morgan fingerprint density at radius 3 is 1.24 bits per heavy atom. The summed E-state index contributed by atoms with van der Waals surface area (Å²) < 4.78 is 14.8. The molecule has 0 saturated heterocycles. The van der Waals surface area contributed by atoms with Crippen molar-refractivity contribution < 1.29 is 8.83 Å². The van der Waals surface area contributed by atoms with E-state index in [0.29, 0.717) is 11.1 Å². The van der Waals surface area contributed by atoms with E-state index in [1.165, 1.54) is 74.9 Å². The average Bonchev–Trinajstić information content (AvgIpc) is 1.51. The second-order valence-electron chi connectivity index (χ2n) is 37.3. The number of rotatable bonds is 19. The Hall–Kier alpha value is -15.4. The standard InChI is InChI=1S/C125H101N3O2Si2/c1-10-124(9)75-21-20-34-93(80-124)125(92-32-12-11-13-33-92)112-78-94(127(114-45-26-43-109-106-38-16-18-47-117(106)129-122(109)114)120-88(8)28-22-41-103(120)89-29-23-35-101(76-89)131(95-62-49-82(2)50-63-95,96-64-51-83(3)52-65-96)97-66-53-84(4)54-67-97)61-74-111(112)119-108-40-15-14-37-105(108)116(79-113(119)125)128(115-46-27-44-110-107-39-17-19-48-118(107)130-123(110)115)121-91(81-126)31-25-42-104(121)90-30-24-36-102(77-90)132(98-68-55-85(5)56-69-98,99-70-57-86(6)58-71-99)100-72-59-87(7)60-73-100/h11-80,131-132H,10H2,1-9H3/q-2. The summed E-state index contributed by atoms with van der Waals surface area (Å²) in [4.78, 5) is 4.95. The minimum atomic E-state index is -3.67. The summed E-state index contributed by atoms with van der Waals surface area (Å²) in [6, 6.07) is 152. The number of aryl methyl sites for hydroxylation is 7. The zero-order valence-electron chi connectivity index (χ0n) is 75.9. The predicted molar refractivity (Wildman–Crippen MR) is 563 cm³/mol. The number of fused-ring (bicyclic) bond motifs is 11. The zero-order valence-corrected chi connectivity index (χ0v) is 78.2. The van der Waals surface area contributed by atoms with E-state index < -0.39 is 27.0 Å². The van der Waals surface area contributed by atoms with E-state index in [1.807, 2.05) is 6.07 Å². The Morgan fingerprint density at radius 2 is 0.758 bits per heavy atom. The van der Waals surface area contributed by atoms with Gasteiger partial charge in [-0.25, -0.2) is 0 Å². The molecule has 0 radical (unpaired) electrons. The molecule has 0 aliphatic heterocycles. The van der Waals surface area contributed by atoms with Crippen LogP contribution in [0.4, 0.5) is 34.1 Å². The molecule has 638 valence electrons. The Labute approximate surface area is 775 Å². The molecule has 18 aromatic carbocycles. The number of hydrogen-bond donors (Lipinski definition) is 0. The van der Waals surface area contributed by atoms with Gasteiger partial charge in [0.05, 0.1) is 0 Å². The van der Waals surface area contributed by atoms with Gasteiger partial charge in [0.25, 0.3) is 0 Å². The SMILES string of the molecule is CCC1(C)C=CC=CC(C2(c3ccccc3)c3cc(N(c4c(C)cccc4-c4cccc([SiH-](c5ccc(C)cc5)(c5ccc(C)cc5)c5ccc(C)cc5)c4)c4cccc5c4oc4ccccc45)ccc3-c3c2cc(N(c2c(C#N)cccc2-c2cccc([SiH-](c4ccc(C)cc4)(c4ccc(C)cc4)c4ccc(C)cc4)c2)c2cccc4c2oc2ccccc24)c2ccccc32)=C1. The van der Waals surface area contributed by atoms with Crippen LogP contribution in [-0.2, 0) is 5.41 Å². The first-order chi connectivity index (χ1) is 64.6. The molecule has 2 aliphatic rings. The van der Waals surface area contributed by atoms with Crippen LogP contribution in [0.2, 0.25) is 0 Å². The van der Waals surface area contributed by atoms with Crippen LogP contribution in [0, 0.1) is 65.2 Å². The molecule has 5 nitrogen and oxygen atoms in total. The van der Waals surface area contributed by atoms with Gasteiger partial charge in [-0.05, 0) is 6.42 Å². The summed E-state index contributed by atoms with van der Waals surface area (Å²) in [6.45, 7) is 20.1. The molecule has 2 unspecified atom stereocenters. The number of hydrogen-bond acceptors (Lipinski definition) is 5. The van der Waals surface area contributed by atoms with Crippen molar-refractivity contribution in [1.82, 2.24) is 0 Å². The van der Waals surface area contributed by atoms with Gasteiger partial charge >= 0.3 is 719 Å². The van der Waals surface area contributed by atoms with E-state index in [-0.39, 0.29) is 0 Å². The first-order valence-corrected chi connectivity index (χ1v) is 51.0. The van der Waals surface area contributed by atoms with Crippen molar-refractivity contribution in [2.75, 3.05) is 9.80 Å². The molecule has 0 saturated carbocycles. The topological polar surface area (TPSA) is 56.6 Å². The first kappa shape index (κ1) is 82.3. The molecular weight excluding hydrogens is 1630 g/mol. The van der Waals surface area contributed by atoms with Gasteiger partial charge in [-0.3, -0.25) is 0 Å². The summed E-state index contributed by atoms with van der Waals surface area (Å²) in [7, 11) is -7.27. The number of para-hydroxylation sites is 6. The van der Waals surface area contributed by atoms with Crippen molar-refractivity contribution in [3.63, 3.8) is 0 Å². The van der Waals surface area contributed by atoms with Crippen LogP contribution in [0.5, 0.6) is 0 Å². The van der Waals surface area contributed by atoms with Gasteiger partial charge in [-0.15, -0.1) is 0 Å². The molecule has 22 rings (SSSR count). The molecule has 2 atom stereocenters. The molecule has 0 N–H and O–H groups in total. The van der Waals surface area contributed by atoms with Crippen molar-refractivity contribution in [3.05, 3.63) is 491 Å².